The molecule has 0 unspecified atom stereocenters. The third-order valence-electron chi connectivity index (χ3n) is 1.71. The normalized spacial score (nSPS) is 11.2. The van der Waals surface area contributed by atoms with Crippen LogP contribution in [-0.4, -0.2) is 12.6 Å². The van der Waals surface area contributed by atoms with E-state index in [9.17, 15) is 22.8 Å². The molecular weight excluding hydrogens is 233 g/mol. The smallest absolute Gasteiger partial charge is 0.298 e. The molecule has 6 heteroatoms. The van der Waals surface area contributed by atoms with Gasteiger partial charge in [0.15, 0.2) is 6.29 Å². The van der Waals surface area contributed by atoms with Gasteiger partial charge in [-0.25, -0.2) is 0 Å². The van der Waals surface area contributed by atoms with Gasteiger partial charge >= 0.3 is 6.18 Å². The van der Waals surface area contributed by atoms with Crippen molar-refractivity contribution < 1.29 is 22.8 Å². The van der Waals surface area contributed by atoms with Crippen LogP contribution in [0.5, 0.6) is 0 Å². The van der Waals surface area contributed by atoms with E-state index in [4.69, 9.17) is 11.6 Å². The fourth-order valence-corrected chi connectivity index (χ4v) is 1.33. The molecule has 0 radical (unpaired) electrons. The third-order valence-corrected chi connectivity index (χ3v) is 2.02. The van der Waals surface area contributed by atoms with E-state index in [2.05, 4.69) is 0 Å². The van der Waals surface area contributed by atoms with Gasteiger partial charge in [-0.1, -0.05) is 11.6 Å². The van der Waals surface area contributed by atoms with Crippen LogP contribution in [0.25, 0.3) is 0 Å². The van der Waals surface area contributed by atoms with Gasteiger partial charge < -0.3 is 0 Å². The Morgan fingerprint density at radius 1 is 1.13 bits per heavy atom. The Hall–Kier alpha value is -1.36. The minimum atomic E-state index is -4.71. The molecule has 0 spiro atoms. The van der Waals surface area contributed by atoms with E-state index in [0.717, 1.165) is 6.07 Å². The van der Waals surface area contributed by atoms with Crippen LogP contribution >= 0.6 is 11.6 Å². The number of benzene rings is 1. The second kappa shape index (κ2) is 4.02. The Bertz CT molecular complexity index is 413. The van der Waals surface area contributed by atoms with Gasteiger partial charge in [0.25, 0.3) is 0 Å². The lowest BCUT2D eigenvalue weighted by molar-refractivity contribution is -0.137. The van der Waals surface area contributed by atoms with Crippen molar-refractivity contribution in [3.63, 3.8) is 0 Å². The standard InChI is InChI=1S/C9H4ClF3O2/c10-8-2-5(3-14)1-7(6(8)4-15)9(11,12)13/h1-4H. The third kappa shape index (κ3) is 2.36. The summed E-state index contributed by atoms with van der Waals surface area (Å²) in [6.07, 6.45) is -4.46. The number of aldehydes is 2. The molecule has 1 rings (SSSR count). The van der Waals surface area contributed by atoms with Crippen molar-refractivity contribution in [2.75, 3.05) is 0 Å². The summed E-state index contributed by atoms with van der Waals surface area (Å²) in [4.78, 5) is 20.7. The van der Waals surface area contributed by atoms with E-state index in [1.807, 2.05) is 0 Å². The lowest BCUT2D eigenvalue weighted by Crippen LogP contribution is -2.10. The highest BCUT2D eigenvalue weighted by Crippen LogP contribution is 2.34. The summed E-state index contributed by atoms with van der Waals surface area (Å²) in [5.41, 5.74) is -2.08. The van der Waals surface area contributed by atoms with Crippen molar-refractivity contribution in [1.82, 2.24) is 0 Å². The predicted molar refractivity (Wildman–Crippen MR) is 47.2 cm³/mol. The molecule has 0 saturated carbocycles. The average Bonchev–Trinajstić information content (AvgIpc) is 2.15. The summed E-state index contributed by atoms with van der Waals surface area (Å²) in [5.74, 6) is 0. The van der Waals surface area contributed by atoms with E-state index >= 15 is 0 Å². The summed E-state index contributed by atoms with van der Waals surface area (Å²) < 4.78 is 37.2. The predicted octanol–water partition coefficient (Wildman–Crippen LogP) is 2.98. The summed E-state index contributed by atoms with van der Waals surface area (Å²) >= 11 is 5.43. The van der Waals surface area contributed by atoms with Crippen LogP contribution in [0.1, 0.15) is 26.3 Å². The number of hydrogen-bond donors (Lipinski definition) is 0. The molecule has 0 saturated heterocycles. The zero-order valence-electron chi connectivity index (χ0n) is 7.14. The Morgan fingerprint density at radius 2 is 1.73 bits per heavy atom. The summed E-state index contributed by atoms with van der Waals surface area (Å²) in [5, 5.41) is -0.387. The molecule has 80 valence electrons. The molecule has 2 nitrogen and oxygen atoms in total. The molecule has 0 amide bonds. The molecule has 0 aromatic heterocycles. The maximum atomic E-state index is 12.4. The lowest BCUT2D eigenvalue weighted by Gasteiger charge is -2.10. The quantitative estimate of drug-likeness (QED) is 0.740. The average molecular weight is 237 g/mol. The highest BCUT2D eigenvalue weighted by atomic mass is 35.5. The van der Waals surface area contributed by atoms with Crippen molar-refractivity contribution in [3.05, 3.63) is 33.8 Å². The lowest BCUT2D eigenvalue weighted by atomic mass is 10.0. The second-order valence-electron chi connectivity index (χ2n) is 2.70. The number of halogens is 4. The van der Waals surface area contributed by atoms with Crippen molar-refractivity contribution >= 4 is 24.2 Å². The van der Waals surface area contributed by atoms with Crippen LogP contribution in [0.4, 0.5) is 13.2 Å². The topological polar surface area (TPSA) is 34.1 Å². The van der Waals surface area contributed by atoms with E-state index in [0.29, 0.717) is 6.07 Å². The van der Waals surface area contributed by atoms with Crippen LogP contribution in [-0.2, 0) is 6.18 Å². The molecular formula is C9H4ClF3O2. The van der Waals surface area contributed by atoms with E-state index in [1.54, 1.807) is 0 Å². The Labute approximate surface area is 87.6 Å². The van der Waals surface area contributed by atoms with Gasteiger partial charge in [-0.3, -0.25) is 9.59 Å². The summed E-state index contributed by atoms with van der Waals surface area (Å²) in [6.45, 7) is 0. The van der Waals surface area contributed by atoms with Crippen LogP contribution in [0.15, 0.2) is 12.1 Å². The first-order chi connectivity index (χ1) is 6.90. The highest BCUT2D eigenvalue weighted by Gasteiger charge is 2.34. The summed E-state index contributed by atoms with van der Waals surface area (Å²) in [6, 6.07) is 1.59. The molecule has 0 atom stereocenters. The van der Waals surface area contributed by atoms with Crippen molar-refractivity contribution in [2.24, 2.45) is 0 Å². The molecule has 0 N–H and O–H groups in total. The van der Waals surface area contributed by atoms with E-state index in [-0.39, 0.29) is 23.2 Å². The van der Waals surface area contributed by atoms with E-state index in [1.165, 1.54) is 0 Å². The molecule has 0 bridgehead atoms. The van der Waals surface area contributed by atoms with Gasteiger partial charge in [0.1, 0.15) is 6.29 Å². The number of alkyl halides is 3. The van der Waals surface area contributed by atoms with Crippen LogP contribution in [0.2, 0.25) is 5.02 Å². The van der Waals surface area contributed by atoms with Gasteiger partial charge in [0.2, 0.25) is 0 Å². The fourth-order valence-electron chi connectivity index (χ4n) is 1.06. The maximum Gasteiger partial charge on any atom is 0.417 e. The van der Waals surface area contributed by atoms with Crippen molar-refractivity contribution in [2.45, 2.75) is 6.18 Å². The first kappa shape index (κ1) is 11.7. The SMILES string of the molecule is O=Cc1cc(Cl)c(C=O)c(C(F)(F)F)c1. The maximum absolute atomic E-state index is 12.4. The number of carbonyl (C=O) groups is 2. The van der Waals surface area contributed by atoms with Crippen LogP contribution < -0.4 is 0 Å². The molecule has 1 aromatic rings. The van der Waals surface area contributed by atoms with Gasteiger partial charge in [-0.05, 0) is 12.1 Å². The first-order valence-electron chi connectivity index (χ1n) is 3.71. The molecule has 0 aliphatic rings. The number of carbonyl (C=O) groups excluding carboxylic acids is 2. The van der Waals surface area contributed by atoms with Crippen molar-refractivity contribution in [1.29, 1.82) is 0 Å². The minimum Gasteiger partial charge on any atom is -0.298 e. The Kier molecular flexibility index (Phi) is 3.14. The summed E-state index contributed by atoms with van der Waals surface area (Å²) in [7, 11) is 0. The Morgan fingerprint density at radius 3 is 2.13 bits per heavy atom. The van der Waals surface area contributed by atoms with Gasteiger partial charge in [0.05, 0.1) is 10.6 Å². The molecule has 0 aliphatic heterocycles. The number of rotatable bonds is 2. The van der Waals surface area contributed by atoms with Crippen LogP contribution in [0, 0.1) is 0 Å². The van der Waals surface area contributed by atoms with Gasteiger partial charge in [-0.15, -0.1) is 0 Å². The number of hydrogen-bond acceptors (Lipinski definition) is 2. The zero-order valence-corrected chi connectivity index (χ0v) is 7.89. The van der Waals surface area contributed by atoms with Gasteiger partial charge in [-0.2, -0.15) is 13.2 Å². The zero-order chi connectivity index (χ0) is 11.6. The largest absolute Gasteiger partial charge is 0.417 e. The fraction of sp³-hybridized carbons (Fsp3) is 0.111. The monoisotopic (exact) mass is 236 g/mol. The van der Waals surface area contributed by atoms with Crippen molar-refractivity contribution in [3.8, 4) is 0 Å². The van der Waals surface area contributed by atoms with E-state index < -0.39 is 17.3 Å². The molecule has 15 heavy (non-hydrogen) atoms. The second-order valence-corrected chi connectivity index (χ2v) is 3.10. The first-order valence-corrected chi connectivity index (χ1v) is 4.09. The molecule has 1 aromatic carbocycles. The molecule has 0 heterocycles. The molecule has 0 aliphatic carbocycles. The molecule has 0 fully saturated rings. The van der Waals surface area contributed by atoms with Crippen LogP contribution in [0.3, 0.4) is 0 Å². The highest BCUT2D eigenvalue weighted by molar-refractivity contribution is 6.33. The van der Waals surface area contributed by atoms with Gasteiger partial charge in [0, 0.05) is 11.1 Å². The minimum absolute atomic E-state index is 0.0136. The Balaban J connectivity index is 3.52.